The number of thiazole rings is 1. The summed E-state index contributed by atoms with van der Waals surface area (Å²) in [5, 5.41) is 9.23. The number of benzene rings is 1. The normalized spacial score (nSPS) is 19.2. The van der Waals surface area contributed by atoms with Crippen LogP contribution in [0.4, 0.5) is 17.6 Å². The van der Waals surface area contributed by atoms with Gasteiger partial charge >= 0.3 is 6.18 Å². The average Bonchev–Trinajstić information content (AvgIpc) is 3.31. The van der Waals surface area contributed by atoms with Crippen molar-refractivity contribution in [3.8, 4) is 5.75 Å². The van der Waals surface area contributed by atoms with Gasteiger partial charge < -0.3 is 9.84 Å². The lowest BCUT2D eigenvalue weighted by Crippen LogP contribution is -2.19. The SMILES string of the molecule is O=c1cc(COc2ccc(F)cc2)nc2sc(C(F)(F)F)c(C3CC3CO)n12. The number of alkyl halides is 3. The summed E-state index contributed by atoms with van der Waals surface area (Å²) < 4.78 is 59.8. The van der Waals surface area contributed by atoms with Crippen molar-refractivity contribution in [2.75, 3.05) is 6.61 Å². The number of hydrogen-bond acceptors (Lipinski definition) is 5. The van der Waals surface area contributed by atoms with E-state index in [9.17, 15) is 27.5 Å². The molecule has 0 aliphatic heterocycles. The average molecular weight is 414 g/mol. The van der Waals surface area contributed by atoms with Crippen molar-refractivity contribution in [1.82, 2.24) is 9.38 Å². The third-order valence-electron chi connectivity index (χ3n) is 4.57. The molecule has 0 bridgehead atoms. The second-order valence-corrected chi connectivity index (χ2v) is 7.52. The molecule has 2 heterocycles. The van der Waals surface area contributed by atoms with Crippen LogP contribution in [0, 0.1) is 11.7 Å². The summed E-state index contributed by atoms with van der Waals surface area (Å²) in [6.45, 7) is -0.375. The number of nitrogens with zero attached hydrogens (tertiary/aromatic N) is 2. The Morgan fingerprint density at radius 3 is 2.61 bits per heavy atom. The molecule has 5 nitrogen and oxygen atoms in total. The quantitative estimate of drug-likeness (QED) is 0.649. The third kappa shape index (κ3) is 3.49. The van der Waals surface area contributed by atoms with Crippen LogP contribution in [0.15, 0.2) is 35.1 Å². The molecular weight excluding hydrogens is 400 g/mol. The number of hydrogen-bond donors (Lipinski definition) is 1. The molecule has 1 aromatic carbocycles. The Morgan fingerprint density at radius 1 is 1.29 bits per heavy atom. The first-order chi connectivity index (χ1) is 13.3. The van der Waals surface area contributed by atoms with Gasteiger partial charge in [-0.3, -0.25) is 9.20 Å². The lowest BCUT2D eigenvalue weighted by molar-refractivity contribution is -0.135. The highest BCUT2D eigenvalue weighted by Gasteiger charge is 2.47. The van der Waals surface area contributed by atoms with Gasteiger partial charge in [0.1, 0.15) is 23.1 Å². The summed E-state index contributed by atoms with van der Waals surface area (Å²) in [6.07, 6.45) is -4.22. The number of rotatable bonds is 5. The van der Waals surface area contributed by atoms with Crippen molar-refractivity contribution >= 4 is 16.3 Å². The lowest BCUT2D eigenvalue weighted by Gasteiger charge is -2.08. The van der Waals surface area contributed by atoms with Crippen LogP contribution in [0.1, 0.15) is 28.6 Å². The number of aromatic nitrogens is 2. The highest BCUT2D eigenvalue weighted by molar-refractivity contribution is 7.17. The van der Waals surface area contributed by atoms with E-state index in [0.29, 0.717) is 23.5 Å². The zero-order valence-electron chi connectivity index (χ0n) is 14.2. The van der Waals surface area contributed by atoms with Gasteiger partial charge in [0.2, 0.25) is 0 Å². The van der Waals surface area contributed by atoms with Gasteiger partial charge in [-0.05, 0) is 36.6 Å². The molecule has 1 aliphatic carbocycles. The Kier molecular flexibility index (Phi) is 4.62. The molecular formula is C18H14F4N2O3S. The van der Waals surface area contributed by atoms with E-state index < -0.39 is 28.3 Å². The Hall–Kier alpha value is -2.46. The molecule has 2 unspecified atom stereocenters. The monoisotopic (exact) mass is 414 g/mol. The molecule has 4 rings (SSSR count). The second kappa shape index (κ2) is 6.85. The maximum Gasteiger partial charge on any atom is 0.427 e. The molecule has 1 aliphatic rings. The molecule has 1 saturated carbocycles. The van der Waals surface area contributed by atoms with Gasteiger partial charge in [0.25, 0.3) is 5.56 Å². The van der Waals surface area contributed by atoms with Crippen molar-refractivity contribution < 1.29 is 27.4 Å². The fourth-order valence-corrected chi connectivity index (χ4v) is 4.21. The molecule has 3 aromatic rings. The highest BCUT2D eigenvalue weighted by Crippen LogP contribution is 2.52. The van der Waals surface area contributed by atoms with Crippen LogP contribution in [-0.4, -0.2) is 21.1 Å². The minimum absolute atomic E-state index is 0.0730. The standard InChI is InChI=1S/C18H14F4N2O3S/c19-10-1-3-12(4-2-10)27-8-11-6-14(26)24-15(13-5-9(13)7-25)16(18(20,21)22)28-17(24)23-11/h1-4,6,9,13,25H,5,7-8H2. The molecule has 1 fully saturated rings. The molecule has 28 heavy (non-hydrogen) atoms. The molecule has 1 N–H and O–H groups in total. The molecule has 148 valence electrons. The van der Waals surface area contributed by atoms with Crippen LogP contribution in [0.2, 0.25) is 0 Å². The van der Waals surface area contributed by atoms with Gasteiger partial charge in [0, 0.05) is 18.6 Å². The van der Waals surface area contributed by atoms with Gasteiger partial charge in [-0.25, -0.2) is 9.37 Å². The first-order valence-corrected chi connectivity index (χ1v) is 9.21. The summed E-state index contributed by atoms with van der Waals surface area (Å²) in [5.41, 5.74) is -0.589. The topological polar surface area (TPSA) is 63.8 Å². The first kappa shape index (κ1) is 18.9. The predicted molar refractivity (Wildman–Crippen MR) is 93.0 cm³/mol. The number of halogens is 4. The van der Waals surface area contributed by atoms with Crippen LogP contribution in [0.25, 0.3) is 4.96 Å². The van der Waals surface area contributed by atoms with E-state index in [-0.39, 0.29) is 35.5 Å². The Bertz CT molecular complexity index is 1080. The molecule has 0 saturated heterocycles. The minimum atomic E-state index is -4.62. The van der Waals surface area contributed by atoms with E-state index in [4.69, 9.17) is 4.74 Å². The maximum absolute atomic E-state index is 13.5. The molecule has 0 amide bonds. The second-order valence-electron chi connectivity index (χ2n) is 6.55. The summed E-state index contributed by atoms with van der Waals surface area (Å²) in [5.74, 6) is -0.893. The van der Waals surface area contributed by atoms with Gasteiger partial charge in [-0.15, -0.1) is 0 Å². The van der Waals surface area contributed by atoms with Gasteiger partial charge in [0.05, 0.1) is 11.4 Å². The summed E-state index contributed by atoms with van der Waals surface area (Å²) in [4.78, 5) is 15.7. The minimum Gasteiger partial charge on any atom is -0.487 e. The van der Waals surface area contributed by atoms with E-state index in [0.717, 1.165) is 10.5 Å². The fraction of sp³-hybridized carbons (Fsp3) is 0.333. The zero-order valence-corrected chi connectivity index (χ0v) is 15.1. The Balaban J connectivity index is 1.70. The molecule has 0 radical (unpaired) electrons. The van der Waals surface area contributed by atoms with Gasteiger partial charge in [-0.2, -0.15) is 13.2 Å². The van der Waals surface area contributed by atoms with E-state index in [1.807, 2.05) is 0 Å². The number of aliphatic hydroxyl groups is 1. The van der Waals surface area contributed by atoms with Crippen LogP contribution in [-0.2, 0) is 12.8 Å². The largest absolute Gasteiger partial charge is 0.487 e. The maximum atomic E-state index is 13.5. The summed E-state index contributed by atoms with van der Waals surface area (Å²) in [6, 6.07) is 6.33. The van der Waals surface area contributed by atoms with Crippen molar-refractivity contribution in [1.29, 1.82) is 0 Å². The van der Waals surface area contributed by atoms with Crippen molar-refractivity contribution in [2.24, 2.45) is 5.92 Å². The fourth-order valence-electron chi connectivity index (χ4n) is 3.13. The smallest absolute Gasteiger partial charge is 0.427 e. The zero-order chi connectivity index (χ0) is 20.1. The molecule has 2 atom stereocenters. The van der Waals surface area contributed by atoms with Gasteiger partial charge in [0.15, 0.2) is 4.96 Å². The number of aliphatic hydroxyl groups excluding tert-OH is 1. The predicted octanol–water partition coefficient (Wildman–Crippen LogP) is 3.59. The molecule has 0 spiro atoms. The van der Waals surface area contributed by atoms with E-state index in [1.54, 1.807) is 0 Å². The van der Waals surface area contributed by atoms with Crippen LogP contribution in [0.5, 0.6) is 5.75 Å². The van der Waals surface area contributed by atoms with Crippen LogP contribution >= 0.6 is 11.3 Å². The van der Waals surface area contributed by atoms with E-state index >= 15 is 0 Å². The summed E-state index contributed by atoms with van der Waals surface area (Å²) >= 11 is 0.404. The van der Waals surface area contributed by atoms with Crippen LogP contribution in [0.3, 0.4) is 0 Å². The van der Waals surface area contributed by atoms with Gasteiger partial charge in [-0.1, -0.05) is 11.3 Å². The Morgan fingerprint density at radius 2 is 2.00 bits per heavy atom. The highest BCUT2D eigenvalue weighted by atomic mass is 32.1. The van der Waals surface area contributed by atoms with Crippen molar-refractivity contribution in [2.45, 2.75) is 25.1 Å². The number of ether oxygens (including phenoxy) is 1. The summed E-state index contributed by atoms with van der Waals surface area (Å²) in [7, 11) is 0. The lowest BCUT2D eigenvalue weighted by atomic mass is 10.2. The van der Waals surface area contributed by atoms with Crippen molar-refractivity contribution in [3.63, 3.8) is 0 Å². The molecule has 2 aromatic heterocycles. The van der Waals surface area contributed by atoms with Crippen molar-refractivity contribution in [3.05, 3.63) is 62.8 Å². The molecule has 10 heteroatoms. The first-order valence-electron chi connectivity index (χ1n) is 8.39. The number of fused-ring (bicyclic) bond motifs is 1. The van der Waals surface area contributed by atoms with E-state index in [1.165, 1.54) is 24.3 Å². The van der Waals surface area contributed by atoms with Crippen LogP contribution < -0.4 is 10.3 Å². The third-order valence-corrected chi connectivity index (χ3v) is 5.68. The van der Waals surface area contributed by atoms with E-state index in [2.05, 4.69) is 4.98 Å². The Labute approximate surface area is 159 Å².